The molecule has 72 heavy (non-hydrogen) atoms. The Morgan fingerprint density at radius 2 is 1.32 bits per heavy atom. The lowest BCUT2D eigenvalue weighted by Crippen LogP contribution is -2.43. The van der Waals surface area contributed by atoms with E-state index >= 15 is 0 Å². The van der Waals surface area contributed by atoms with E-state index < -0.39 is 0 Å². The summed E-state index contributed by atoms with van der Waals surface area (Å²) in [5.74, 6) is 1.85. The van der Waals surface area contributed by atoms with Gasteiger partial charge in [-0.15, -0.1) is 0 Å². The third-order valence-electron chi connectivity index (χ3n) is 16.5. The van der Waals surface area contributed by atoms with Crippen LogP contribution in [0.2, 0.25) is 0 Å². The molecule has 6 aliphatic rings. The van der Waals surface area contributed by atoms with Crippen molar-refractivity contribution in [1.29, 1.82) is 0 Å². The van der Waals surface area contributed by atoms with Crippen molar-refractivity contribution in [3.8, 4) is 16.9 Å². The zero-order chi connectivity index (χ0) is 47.6. The number of allylic oxidation sites excluding steroid dienone is 7. The number of rotatable bonds is 5. The van der Waals surface area contributed by atoms with Crippen molar-refractivity contribution in [2.45, 2.75) is 44.3 Å². The van der Waals surface area contributed by atoms with Gasteiger partial charge < -0.3 is 18.9 Å². The van der Waals surface area contributed by atoms with Crippen LogP contribution in [0.1, 0.15) is 43.5 Å². The fourth-order valence-electron chi connectivity index (χ4n) is 13.3. The Morgan fingerprint density at radius 1 is 0.569 bits per heavy atom. The first-order valence-electron chi connectivity index (χ1n) is 25.7. The van der Waals surface area contributed by atoms with Gasteiger partial charge in [0.25, 0.3) is 0 Å². The average Bonchev–Trinajstić information content (AvgIpc) is 4.17. The summed E-state index contributed by atoms with van der Waals surface area (Å²) in [5, 5.41) is 5.08. The number of fused-ring (bicyclic) bond motifs is 13. The molecule has 0 fully saturated rings. The minimum Gasteiger partial charge on any atom is -0.337 e. The molecule has 0 amide bonds. The first-order valence-corrected chi connectivity index (χ1v) is 25.7. The number of pyridine rings is 1. The Morgan fingerprint density at radius 3 is 2.18 bits per heavy atom. The lowest BCUT2D eigenvalue weighted by atomic mass is 9.78. The molecule has 6 nitrogen and oxygen atoms in total. The quantitative estimate of drug-likeness (QED) is 0.173. The molecule has 0 saturated carbocycles. The van der Waals surface area contributed by atoms with Gasteiger partial charge in [0.1, 0.15) is 11.9 Å². The van der Waals surface area contributed by atoms with Crippen molar-refractivity contribution in [3.63, 3.8) is 0 Å². The molecule has 0 spiro atoms. The Hall–Kier alpha value is -8.48. The molecule has 9 aromatic rings. The van der Waals surface area contributed by atoms with Gasteiger partial charge in [0, 0.05) is 79.2 Å². The minimum absolute atomic E-state index is 0.0548. The van der Waals surface area contributed by atoms with Crippen molar-refractivity contribution in [2.24, 2.45) is 22.7 Å². The van der Waals surface area contributed by atoms with Gasteiger partial charge in [-0.25, -0.2) is 0 Å². The van der Waals surface area contributed by atoms with Crippen LogP contribution < -0.4 is 4.90 Å². The van der Waals surface area contributed by atoms with Gasteiger partial charge in [0.2, 0.25) is 0 Å². The zero-order valence-electron chi connectivity index (χ0n) is 40.3. The highest BCUT2D eigenvalue weighted by atomic mass is 15.3. The molecule has 0 N–H and O–H groups in total. The topological polar surface area (TPSA) is 41.6 Å². The number of dihydropyridines is 1. The maximum absolute atomic E-state index is 5.70. The Bertz CT molecular complexity index is 3980. The lowest BCUT2D eigenvalue weighted by molar-refractivity contribution is 0.331. The van der Waals surface area contributed by atoms with E-state index in [4.69, 9.17) is 9.98 Å². The predicted molar refractivity (Wildman–Crippen MR) is 297 cm³/mol. The van der Waals surface area contributed by atoms with Gasteiger partial charge in [-0.1, -0.05) is 172 Å². The molecule has 0 radical (unpaired) electrons. The van der Waals surface area contributed by atoms with Gasteiger partial charge >= 0.3 is 0 Å². The standard InChI is InChI=1S/C66H52N6/c1-41-32-34-45(70-54-28-13-9-22-46(54)48-35-37-58-62(65(48)70)50-24-11-15-30-56(50)69(58)44-20-7-4-8-21-44)40-60(41)71-57-31-16-12-25-51(57)63-59(71)38-36-49-47-23-10-14-29-55(47)72(66(49)63)61-39-33-42(2)64(68-61)53-27-17-26-52(67-53)43-18-5-3-6-19-43/h3-31,33-42,49,51,57,64,66H,32H2,1-2H3. The molecule has 0 saturated heterocycles. The summed E-state index contributed by atoms with van der Waals surface area (Å²) in [6.45, 7) is 4.69. The van der Waals surface area contributed by atoms with Gasteiger partial charge in [-0.05, 0) is 84.3 Å². The summed E-state index contributed by atoms with van der Waals surface area (Å²) >= 11 is 0. The Kier molecular flexibility index (Phi) is 9.19. The second kappa shape index (κ2) is 16.0. The largest absolute Gasteiger partial charge is 0.337 e. The van der Waals surface area contributed by atoms with Crippen molar-refractivity contribution in [2.75, 3.05) is 4.90 Å². The van der Waals surface area contributed by atoms with E-state index in [9.17, 15) is 0 Å². The number of hydrogen-bond donors (Lipinski definition) is 0. The number of anilines is 1. The summed E-state index contributed by atoms with van der Waals surface area (Å²) < 4.78 is 5.02. The Balaban J connectivity index is 0.885. The number of aromatic nitrogens is 3. The van der Waals surface area contributed by atoms with Gasteiger partial charge in [0.15, 0.2) is 0 Å². The van der Waals surface area contributed by atoms with E-state index in [1.54, 1.807) is 0 Å². The van der Waals surface area contributed by atoms with Crippen LogP contribution in [0.15, 0.2) is 247 Å². The van der Waals surface area contributed by atoms with E-state index in [0.29, 0.717) is 5.92 Å². The molecule has 6 aromatic carbocycles. The predicted octanol–water partition coefficient (Wildman–Crippen LogP) is 15.3. The molecular formula is C66H52N6. The van der Waals surface area contributed by atoms with Crippen LogP contribution in [0.25, 0.3) is 66.3 Å². The molecule has 346 valence electrons. The molecule has 15 rings (SSSR count). The SMILES string of the molecule is CC1CC=C(n2c3ccccc3c3ccc4c(c5ccccc5n4-c4ccccc4)c32)C=C1N1C2=C(C3C=CC=CC31)C1C(C=C2)c2ccccc2N1C1=NC(c2cccc(-c3ccccc3)n2)C(C)C=C1. The van der Waals surface area contributed by atoms with E-state index in [-0.39, 0.29) is 35.9 Å². The lowest BCUT2D eigenvalue weighted by Gasteiger charge is -2.37. The first kappa shape index (κ1) is 41.3. The third-order valence-corrected chi connectivity index (χ3v) is 16.5. The molecule has 6 heteroatoms. The number of amidine groups is 1. The van der Waals surface area contributed by atoms with E-state index in [1.807, 2.05) is 0 Å². The molecule has 7 atom stereocenters. The Labute approximate surface area is 419 Å². The highest BCUT2D eigenvalue weighted by Crippen LogP contribution is 2.56. The van der Waals surface area contributed by atoms with Gasteiger partial charge in [-0.3, -0.25) is 9.98 Å². The van der Waals surface area contributed by atoms with Crippen LogP contribution >= 0.6 is 0 Å². The van der Waals surface area contributed by atoms with E-state index in [0.717, 1.165) is 29.2 Å². The maximum atomic E-state index is 5.70. The average molecular weight is 929 g/mol. The number of hydrogen-bond acceptors (Lipinski definition) is 4. The summed E-state index contributed by atoms with van der Waals surface area (Å²) in [5.41, 5.74) is 17.1. The normalized spacial score (nSPS) is 24.0. The molecule has 6 heterocycles. The highest BCUT2D eigenvalue weighted by Gasteiger charge is 2.52. The zero-order valence-corrected chi connectivity index (χ0v) is 40.3. The van der Waals surface area contributed by atoms with Crippen molar-refractivity contribution < 1.29 is 0 Å². The highest BCUT2D eigenvalue weighted by molar-refractivity contribution is 6.26. The smallest absolute Gasteiger partial charge is 0.128 e. The summed E-state index contributed by atoms with van der Waals surface area (Å²) in [4.78, 5) is 16.3. The first-order chi connectivity index (χ1) is 35.6. The molecule has 3 aliphatic heterocycles. The number of aliphatic imine (C=N–C) groups is 1. The third kappa shape index (κ3) is 6.02. The van der Waals surface area contributed by atoms with Gasteiger partial charge in [-0.2, -0.15) is 0 Å². The van der Waals surface area contributed by atoms with Gasteiger partial charge in [0.05, 0.1) is 45.5 Å². The van der Waals surface area contributed by atoms with Crippen LogP contribution in [0.3, 0.4) is 0 Å². The summed E-state index contributed by atoms with van der Waals surface area (Å²) in [6.07, 6.45) is 25.0. The molecule has 7 unspecified atom stereocenters. The van der Waals surface area contributed by atoms with Crippen LogP contribution in [0.4, 0.5) is 5.69 Å². The fraction of sp³-hybridized carbons (Fsp3) is 0.152. The van der Waals surface area contributed by atoms with Crippen molar-refractivity contribution in [1.82, 2.24) is 19.0 Å². The second-order valence-corrected chi connectivity index (χ2v) is 20.5. The summed E-state index contributed by atoms with van der Waals surface area (Å²) in [7, 11) is 0. The number of nitrogens with zero attached hydrogens (tertiary/aromatic N) is 6. The second-order valence-electron chi connectivity index (χ2n) is 20.5. The monoisotopic (exact) mass is 928 g/mol. The van der Waals surface area contributed by atoms with E-state index in [1.165, 1.54) is 83.2 Å². The van der Waals surface area contributed by atoms with Crippen LogP contribution in [0.5, 0.6) is 0 Å². The minimum atomic E-state index is -0.117. The van der Waals surface area contributed by atoms with Crippen molar-refractivity contribution >= 4 is 60.8 Å². The summed E-state index contributed by atoms with van der Waals surface area (Å²) in [6, 6.07) is 59.5. The maximum Gasteiger partial charge on any atom is 0.128 e. The molecule has 3 aromatic heterocycles. The number of para-hydroxylation sites is 4. The number of benzene rings is 6. The fourth-order valence-corrected chi connectivity index (χ4v) is 13.3. The van der Waals surface area contributed by atoms with Crippen molar-refractivity contribution in [3.05, 3.63) is 253 Å². The van der Waals surface area contributed by atoms with Crippen LogP contribution in [0, 0.1) is 17.8 Å². The molecule has 0 bridgehead atoms. The van der Waals surface area contributed by atoms with Crippen LogP contribution in [-0.2, 0) is 0 Å². The van der Waals surface area contributed by atoms with Crippen LogP contribution in [-0.4, -0.2) is 36.9 Å². The molecule has 3 aliphatic carbocycles. The molecular weight excluding hydrogens is 877 g/mol. The van der Waals surface area contributed by atoms with E-state index in [2.05, 4.69) is 257 Å².